The Morgan fingerprint density at radius 3 is 1.21 bits per heavy atom. The van der Waals surface area contributed by atoms with Crippen LogP contribution in [0.1, 0.15) is 103 Å². The van der Waals surface area contributed by atoms with Crippen molar-refractivity contribution in [2.45, 2.75) is 103 Å². The summed E-state index contributed by atoms with van der Waals surface area (Å²) in [5.41, 5.74) is 0. The van der Waals surface area contributed by atoms with Gasteiger partial charge < -0.3 is 0 Å². The smallest absolute Gasteiger partial charge is 0.0353 e. The average molecular weight is 287 g/mol. The fourth-order valence-corrected chi connectivity index (χ4v) is 2.48. The van der Waals surface area contributed by atoms with Crippen LogP contribution in [0, 0.1) is 0 Å². The molecule has 0 radical (unpaired) electrons. The highest BCUT2D eigenvalue weighted by Gasteiger charge is 1.93. The molecule has 0 aromatic rings. The first-order valence-corrected chi connectivity index (χ1v) is 8.52. The molecule has 0 aromatic heterocycles. The lowest BCUT2D eigenvalue weighted by Crippen LogP contribution is -1.83. The van der Waals surface area contributed by atoms with Crippen molar-refractivity contribution in [3.05, 3.63) is 12.7 Å². The van der Waals surface area contributed by atoms with E-state index >= 15 is 0 Å². The van der Waals surface area contributed by atoms with Crippen LogP contribution in [0.3, 0.4) is 0 Å². The van der Waals surface area contributed by atoms with Crippen molar-refractivity contribution in [2.24, 2.45) is 0 Å². The zero-order valence-corrected chi connectivity index (χ0v) is 14.4. The van der Waals surface area contributed by atoms with Crippen molar-refractivity contribution in [3.63, 3.8) is 0 Å². The number of hydrogen-bond donors (Lipinski definition) is 0. The molecule has 0 N–H and O–H groups in total. The highest BCUT2D eigenvalue weighted by Crippen LogP contribution is 2.13. The first kappa shape index (κ1) is 21.4. The van der Waals surface area contributed by atoms with Crippen LogP contribution in [0.25, 0.3) is 0 Å². The second-order valence-corrected chi connectivity index (χ2v) is 5.67. The van der Waals surface area contributed by atoms with Gasteiger partial charge in [0.15, 0.2) is 0 Å². The zero-order chi connectivity index (χ0) is 13.3. The Balaban J connectivity index is 0. The summed E-state index contributed by atoms with van der Waals surface area (Å²) in [4.78, 5) is 0. The maximum absolute atomic E-state index is 3.76. The van der Waals surface area contributed by atoms with E-state index in [1.54, 1.807) is 0 Å². The third-order valence-electron chi connectivity index (χ3n) is 3.76. The van der Waals surface area contributed by atoms with Crippen LogP contribution in [0.4, 0.5) is 0 Å². The molecule has 0 rings (SSSR count). The summed E-state index contributed by atoms with van der Waals surface area (Å²) >= 11 is 0. The predicted molar refractivity (Wildman–Crippen MR) is 95.5 cm³/mol. The fraction of sp³-hybridized carbons (Fsp3) is 0.889. The van der Waals surface area contributed by atoms with Crippen molar-refractivity contribution >= 4 is 13.5 Å². The number of allylic oxidation sites excluding steroid dienone is 1. The summed E-state index contributed by atoms with van der Waals surface area (Å²) in [6, 6.07) is 0. The second-order valence-electron chi connectivity index (χ2n) is 5.67. The monoisotopic (exact) mass is 286 g/mol. The van der Waals surface area contributed by atoms with E-state index in [9.17, 15) is 0 Å². The lowest BCUT2D eigenvalue weighted by atomic mass is 10.0. The van der Waals surface area contributed by atoms with Crippen LogP contribution in [-0.2, 0) is 0 Å². The third kappa shape index (κ3) is 20.6. The largest absolute Gasteiger partial charge is 0.197 e. The minimum Gasteiger partial charge on any atom is -0.197 e. The van der Waals surface area contributed by atoms with Crippen molar-refractivity contribution < 1.29 is 0 Å². The number of unbranched alkanes of at least 4 members (excludes halogenated alkanes) is 14. The molecule has 19 heavy (non-hydrogen) atoms. The van der Waals surface area contributed by atoms with Crippen molar-refractivity contribution in [1.82, 2.24) is 0 Å². The van der Waals surface area contributed by atoms with Crippen LogP contribution in [0.5, 0.6) is 0 Å². The minimum absolute atomic E-state index is 0. The lowest BCUT2D eigenvalue weighted by Gasteiger charge is -2.02. The van der Waals surface area contributed by atoms with E-state index in [1.165, 1.54) is 96.3 Å². The van der Waals surface area contributed by atoms with Crippen LogP contribution in [0.15, 0.2) is 12.7 Å². The van der Waals surface area contributed by atoms with Crippen LogP contribution >= 0.6 is 13.5 Å². The molecule has 0 nitrogen and oxygen atoms in total. The SMILES string of the molecule is C=CCCCCCCCCCCCCCCCC.S. The molecule has 0 spiro atoms. The summed E-state index contributed by atoms with van der Waals surface area (Å²) < 4.78 is 0. The van der Waals surface area contributed by atoms with Gasteiger partial charge in [0.1, 0.15) is 0 Å². The van der Waals surface area contributed by atoms with Crippen LogP contribution < -0.4 is 0 Å². The average Bonchev–Trinajstić information content (AvgIpc) is 2.39. The molecule has 0 atom stereocenters. The Morgan fingerprint density at radius 2 is 0.895 bits per heavy atom. The topological polar surface area (TPSA) is 0 Å². The summed E-state index contributed by atoms with van der Waals surface area (Å²) in [6.07, 6.45) is 23.5. The predicted octanol–water partition coefficient (Wildman–Crippen LogP) is 7.16. The van der Waals surface area contributed by atoms with Gasteiger partial charge in [-0.1, -0.05) is 96.5 Å². The molecule has 0 aliphatic carbocycles. The van der Waals surface area contributed by atoms with Crippen LogP contribution in [0.2, 0.25) is 0 Å². The fourth-order valence-electron chi connectivity index (χ4n) is 2.48. The van der Waals surface area contributed by atoms with Gasteiger partial charge in [0.25, 0.3) is 0 Å². The van der Waals surface area contributed by atoms with Gasteiger partial charge in [0, 0.05) is 0 Å². The van der Waals surface area contributed by atoms with Crippen LogP contribution in [-0.4, -0.2) is 0 Å². The summed E-state index contributed by atoms with van der Waals surface area (Å²) in [6.45, 7) is 6.05. The molecule has 116 valence electrons. The normalized spacial score (nSPS) is 10.2. The number of hydrogen-bond acceptors (Lipinski definition) is 0. The molecular weight excluding hydrogens is 248 g/mol. The Hall–Kier alpha value is 0.0900. The van der Waals surface area contributed by atoms with Gasteiger partial charge in [0.2, 0.25) is 0 Å². The van der Waals surface area contributed by atoms with Gasteiger partial charge >= 0.3 is 0 Å². The zero-order valence-electron chi connectivity index (χ0n) is 13.4. The first-order chi connectivity index (χ1) is 8.91. The molecule has 0 fully saturated rings. The number of rotatable bonds is 15. The lowest BCUT2D eigenvalue weighted by molar-refractivity contribution is 0.536. The quantitative estimate of drug-likeness (QED) is 0.221. The summed E-state index contributed by atoms with van der Waals surface area (Å²) in [5, 5.41) is 0. The van der Waals surface area contributed by atoms with E-state index in [0.29, 0.717) is 0 Å². The molecule has 0 aromatic carbocycles. The molecule has 1 heteroatoms. The first-order valence-electron chi connectivity index (χ1n) is 8.52. The minimum atomic E-state index is 0. The molecule has 0 amide bonds. The van der Waals surface area contributed by atoms with Gasteiger partial charge in [-0.15, -0.1) is 6.58 Å². The van der Waals surface area contributed by atoms with E-state index in [-0.39, 0.29) is 13.5 Å². The second kappa shape index (κ2) is 20.4. The van der Waals surface area contributed by atoms with E-state index in [2.05, 4.69) is 13.5 Å². The Kier molecular flexibility index (Phi) is 23.0. The van der Waals surface area contributed by atoms with Gasteiger partial charge in [-0.05, 0) is 12.8 Å². The molecule has 0 aliphatic heterocycles. The molecule has 0 aliphatic rings. The van der Waals surface area contributed by atoms with Gasteiger partial charge in [-0.2, -0.15) is 13.5 Å². The standard InChI is InChI=1S/C18H36.H2S/c1-3-5-7-9-11-13-15-17-18-16-14-12-10-8-6-4-2;/h3H,1,4-18H2,2H3;1H2. The summed E-state index contributed by atoms with van der Waals surface area (Å²) in [5.74, 6) is 0. The maximum Gasteiger partial charge on any atom is -0.0353 e. The van der Waals surface area contributed by atoms with E-state index in [0.717, 1.165) is 0 Å². The maximum atomic E-state index is 3.76. The molecular formula is C18H38S. The van der Waals surface area contributed by atoms with Crippen molar-refractivity contribution in [2.75, 3.05) is 0 Å². The summed E-state index contributed by atoms with van der Waals surface area (Å²) in [7, 11) is 0. The van der Waals surface area contributed by atoms with Gasteiger partial charge in [-0.3, -0.25) is 0 Å². The molecule has 0 heterocycles. The van der Waals surface area contributed by atoms with Gasteiger partial charge in [-0.25, -0.2) is 0 Å². The van der Waals surface area contributed by atoms with Crippen molar-refractivity contribution in [3.8, 4) is 0 Å². The molecule has 0 bridgehead atoms. The highest BCUT2D eigenvalue weighted by atomic mass is 32.1. The molecule has 0 saturated carbocycles. The molecule has 0 saturated heterocycles. The van der Waals surface area contributed by atoms with E-state index < -0.39 is 0 Å². The Labute approximate surface area is 129 Å². The highest BCUT2D eigenvalue weighted by molar-refractivity contribution is 7.59. The van der Waals surface area contributed by atoms with Gasteiger partial charge in [0.05, 0.1) is 0 Å². The molecule has 0 unspecified atom stereocenters. The Bertz CT molecular complexity index is 154. The Morgan fingerprint density at radius 1 is 0.579 bits per heavy atom. The van der Waals surface area contributed by atoms with E-state index in [1.807, 2.05) is 6.08 Å². The van der Waals surface area contributed by atoms with E-state index in [4.69, 9.17) is 0 Å². The third-order valence-corrected chi connectivity index (χ3v) is 3.76. The van der Waals surface area contributed by atoms with Crippen molar-refractivity contribution in [1.29, 1.82) is 0 Å².